The zero-order valence-electron chi connectivity index (χ0n) is 10.8. The molecule has 1 aromatic rings. The second-order valence-corrected chi connectivity index (χ2v) is 5.26. The monoisotopic (exact) mass is 300 g/mol. The number of carbonyl (C=O) groups excluding carboxylic acids is 1. The zero-order valence-corrected chi connectivity index (χ0v) is 11.5. The number of aliphatic carboxylic acids is 1. The second kappa shape index (κ2) is 5.66. The third-order valence-electron chi connectivity index (χ3n) is 3.46. The van der Waals surface area contributed by atoms with Crippen LogP contribution < -0.4 is 5.32 Å². The zero-order chi connectivity index (χ0) is 14.9. The summed E-state index contributed by atoms with van der Waals surface area (Å²) in [6.45, 7) is 2.42. The maximum absolute atomic E-state index is 13.0. The number of amides is 2. The highest BCUT2D eigenvalue weighted by Crippen LogP contribution is 2.25. The van der Waals surface area contributed by atoms with Crippen LogP contribution in [-0.4, -0.2) is 35.1 Å². The first-order chi connectivity index (χ1) is 9.38. The molecule has 0 aliphatic carbocycles. The van der Waals surface area contributed by atoms with E-state index in [9.17, 15) is 14.0 Å². The van der Waals surface area contributed by atoms with Crippen LogP contribution >= 0.6 is 11.6 Å². The van der Waals surface area contributed by atoms with Gasteiger partial charge in [0.2, 0.25) is 0 Å². The molecule has 5 nitrogen and oxygen atoms in total. The summed E-state index contributed by atoms with van der Waals surface area (Å²) in [6.07, 6.45) is 0. The third kappa shape index (κ3) is 3.01. The largest absolute Gasteiger partial charge is 0.481 e. The summed E-state index contributed by atoms with van der Waals surface area (Å²) in [5, 5.41) is 11.4. The number of nitrogens with one attached hydrogen (secondary N) is 1. The lowest BCUT2D eigenvalue weighted by atomic mass is 9.87. The summed E-state index contributed by atoms with van der Waals surface area (Å²) in [5.41, 5.74) is 0.399. The predicted molar refractivity (Wildman–Crippen MR) is 72.3 cm³/mol. The predicted octanol–water partition coefficient (Wildman–Crippen LogP) is 2.66. The molecular weight excluding hydrogens is 287 g/mol. The van der Waals surface area contributed by atoms with Gasteiger partial charge >= 0.3 is 12.0 Å². The number of carbonyl (C=O) groups is 2. The summed E-state index contributed by atoms with van der Waals surface area (Å²) in [7, 11) is 0. The minimum absolute atomic E-state index is 0.0324. The van der Waals surface area contributed by atoms with Crippen molar-refractivity contribution in [3.8, 4) is 0 Å². The van der Waals surface area contributed by atoms with Crippen molar-refractivity contribution in [2.24, 2.45) is 11.8 Å². The first-order valence-electron chi connectivity index (χ1n) is 6.12. The lowest BCUT2D eigenvalue weighted by Crippen LogP contribution is -2.54. The Morgan fingerprint density at radius 2 is 2.15 bits per heavy atom. The van der Waals surface area contributed by atoms with Crippen LogP contribution in [0.2, 0.25) is 5.02 Å². The van der Waals surface area contributed by atoms with E-state index < -0.39 is 17.7 Å². The molecule has 1 aliphatic rings. The van der Waals surface area contributed by atoms with Gasteiger partial charge in [-0.15, -0.1) is 0 Å². The topological polar surface area (TPSA) is 69.6 Å². The van der Waals surface area contributed by atoms with E-state index in [1.807, 2.05) is 0 Å². The lowest BCUT2D eigenvalue weighted by Gasteiger charge is -2.41. The molecule has 20 heavy (non-hydrogen) atoms. The summed E-state index contributed by atoms with van der Waals surface area (Å²) in [5.74, 6) is -1.92. The molecule has 1 saturated heterocycles. The molecule has 1 heterocycles. The fraction of sp³-hybridized carbons (Fsp3) is 0.385. The van der Waals surface area contributed by atoms with Crippen molar-refractivity contribution in [1.29, 1.82) is 0 Å². The van der Waals surface area contributed by atoms with E-state index in [-0.39, 0.29) is 17.0 Å². The number of likely N-dealkylation sites (tertiary alicyclic amines) is 1. The number of rotatable bonds is 3. The number of carboxylic acids is 1. The van der Waals surface area contributed by atoms with Crippen molar-refractivity contribution in [2.45, 2.75) is 6.92 Å². The van der Waals surface area contributed by atoms with E-state index in [2.05, 4.69) is 5.32 Å². The number of anilines is 1. The normalized spacial score (nSPS) is 16.4. The molecule has 2 N–H and O–H groups in total. The van der Waals surface area contributed by atoms with Crippen LogP contribution in [0.3, 0.4) is 0 Å². The SMILES string of the molecule is CC(C(=O)O)C1CN(C(=O)Nc2ccc(F)c(Cl)c2)C1. The van der Waals surface area contributed by atoms with Crippen LogP contribution in [0.4, 0.5) is 14.9 Å². The van der Waals surface area contributed by atoms with Gasteiger partial charge < -0.3 is 15.3 Å². The first-order valence-corrected chi connectivity index (χ1v) is 6.50. The molecule has 108 valence electrons. The van der Waals surface area contributed by atoms with Crippen LogP contribution in [0.1, 0.15) is 6.92 Å². The third-order valence-corrected chi connectivity index (χ3v) is 3.75. The molecule has 2 amide bonds. The molecule has 2 rings (SSSR count). The van der Waals surface area contributed by atoms with Crippen LogP contribution in [0.5, 0.6) is 0 Å². The highest BCUT2D eigenvalue weighted by atomic mass is 35.5. The molecule has 0 saturated carbocycles. The average molecular weight is 301 g/mol. The fourth-order valence-electron chi connectivity index (χ4n) is 1.97. The standard InChI is InChI=1S/C13H14ClFN2O3/c1-7(12(18)19)8-5-17(6-8)13(20)16-9-2-3-11(15)10(14)4-9/h2-4,7-8H,5-6H2,1H3,(H,16,20)(H,18,19). The number of hydrogen-bond acceptors (Lipinski definition) is 2. The van der Waals surface area contributed by atoms with E-state index in [1.54, 1.807) is 6.92 Å². The van der Waals surface area contributed by atoms with Crippen molar-refractivity contribution >= 4 is 29.3 Å². The van der Waals surface area contributed by atoms with Gasteiger partial charge in [-0.2, -0.15) is 0 Å². The van der Waals surface area contributed by atoms with Crippen LogP contribution in [0, 0.1) is 17.7 Å². The number of halogens is 2. The Bertz CT molecular complexity index is 546. The number of nitrogens with zero attached hydrogens (tertiary/aromatic N) is 1. The minimum Gasteiger partial charge on any atom is -0.481 e. The van der Waals surface area contributed by atoms with Crippen molar-refractivity contribution < 1.29 is 19.1 Å². The smallest absolute Gasteiger partial charge is 0.321 e. The molecule has 0 aromatic heterocycles. The Hall–Kier alpha value is -1.82. The second-order valence-electron chi connectivity index (χ2n) is 4.85. The van der Waals surface area contributed by atoms with E-state index in [0.717, 1.165) is 0 Å². The van der Waals surface area contributed by atoms with E-state index in [1.165, 1.54) is 23.1 Å². The maximum Gasteiger partial charge on any atom is 0.321 e. The van der Waals surface area contributed by atoms with E-state index >= 15 is 0 Å². The molecule has 1 aliphatic heterocycles. The Morgan fingerprint density at radius 1 is 1.50 bits per heavy atom. The van der Waals surface area contributed by atoms with Crippen LogP contribution in [0.15, 0.2) is 18.2 Å². The minimum atomic E-state index is -0.861. The Kier molecular flexibility index (Phi) is 4.13. The van der Waals surface area contributed by atoms with Gasteiger partial charge in [0.25, 0.3) is 0 Å². The molecule has 0 radical (unpaired) electrons. The lowest BCUT2D eigenvalue weighted by molar-refractivity contribution is -0.144. The summed E-state index contributed by atoms with van der Waals surface area (Å²) in [4.78, 5) is 24.2. The van der Waals surface area contributed by atoms with E-state index in [0.29, 0.717) is 18.8 Å². The maximum atomic E-state index is 13.0. The van der Waals surface area contributed by atoms with Crippen molar-refractivity contribution in [1.82, 2.24) is 4.90 Å². The van der Waals surface area contributed by atoms with Gasteiger partial charge in [-0.25, -0.2) is 9.18 Å². The van der Waals surface area contributed by atoms with Crippen molar-refractivity contribution in [2.75, 3.05) is 18.4 Å². The molecular formula is C13H14ClFN2O3. The van der Waals surface area contributed by atoms with Gasteiger partial charge in [0, 0.05) is 24.7 Å². The molecule has 0 bridgehead atoms. The summed E-state index contributed by atoms with van der Waals surface area (Å²) >= 11 is 5.62. The summed E-state index contributed by atoms with van der Waals surface area (Å²) in [6, 6.07) is 3.56. The van der Waals surface area contributed by atoms with Gasteiger partial charge in [0.15, 0.2) is 0 Å². The Balaban J connectivity index is 1.88. The summed E-state index contributed by atoms with van der Waals surface area (Å²) < 4.78 is 13.0. The molecule has 1 fully saturated rings. The molecule has 7 heteroatoms. The number of benzene rings is 1. The highest BCUT2D eigenvalue weighted by molar-refractivity contribution is 6.31. The van der Waals surface area contributed by atoms with Gasteiger partial charge in [-0.3, -0.25) is 4.79 Å². The first kappa shape index (κ1) is 14.6. The molecule has 1 atom stereocenters. The average Bonchev–Trinajstić information content (AvgIpc) is 2.31. The Labute approximate surface area is 120 Å². The number of urea groups is 1. The van der Waals surface area contributed by atoms with Gasteiger partial charge in [-0.1, -0.05) is 18.5 Å². The van der Waals surface area contributed by atoms with Crippen molar-refractivity contribution in [3.05, 3.63) is 29.0 Å². The fourth-order valence-corrected chi connectivity index (χ4v) is 2.15. The van der Waals surface area contributed by atoms with Crippen LogP contribution in [0.25, 0.3) is 0 Å². The van der Waals surface area contributed by atoms with Crippen molar-refractivity contribution in [3.63, 3.8) is 0 Å². The molecule has 1 unspecified atom stereocenters. The Morgan fingerprint density at radius 3 is 2.70 bits per heavy atom. The van der Waals surface area contributed by atoms with E-state index in [4.69, 9.17) is 16.7 Å². The molecule has 0 spiro atoms. The molecule has 1 aromatic carbocycles. The van der Waals surface area contributed by atoms with Gasteiger partial charge in [-0.05, 0) is 18.2 Å². The van der Waals surface area contributed by atoms with Gasteiger partial charge in [0.1, 0.15) is 5.82 Å². The van der Waals surface area contributed by atoms with Crippen LogP contribution in [-0.2, 0) is 4.79 Å². The highest BCUT2D eigenvalue weighted by Gasteiger charge is 2.37. The van der Waals surface area contributed by atoms with Gasteiger partial charge in [0.05, 0.1) is 10.9 Å². The number of hydrogen-bond donors (Lipinski definition) is 2. The quantitative estimate of drug-likeness (QED) is 0.901. The number of carboxylic acid groups (broad SMARTS) is 1.